The summed E-state index contributed by atoms with van der Waals surface area (Å²) in [6.07, 6.45) is 1.54. The maximum Gasteiger partial charge on any atom is 0.235 e. The molecule has 0 N–H and O–H groups in total. The average Bonchev–Trinajstić information content (AvgIpc) is 2.17. The lowest BCUT2D eigenvalue weighted by atomic mass is 10.1. The van der Waals surface area contributed by atoms with Crippen molar-refractivity contribution in [2.45, 2.75) is 13.0 Å². The molecule has 1 aromatic rings. The Morgan fingerprint density at radius 3 is 2.86 bits per heavy atom. The van der Waals surface area contributed by atoms with Crippen LogP contribution in [0.2, 0.25) is 0 Å². The normalized spacial score (nSPS) is 11.6. The average molecular weight is 256 g/mol. The van der Waals surface area contributed by atoms with Gasteiger partial charge in [0.15, 0.2) is 0 Å². The van der Waals surface area contributed by atoms with Gasteiger partial charge >= 0.3 is 0 Å². The predicted octanol–water partition coefficient (Wildman–Crippen LogP) is 2.85. The smallest absolute Gasteiger partial charge is 0.235 e. The van der Waals surface area contributed by atoms with Crippen LogP contribution in [-0.4, -0.2) is 13.2 Å². The molecule has 0 amide bonds. The Morgan fingerprint density at radius 2 is 2.29 bits per heavy atom. The highest BCUT2D eigenvalue weighted by molar-refractivity contribution is 9.10. The molecule has 0 saturated heterocycles. The summed E-state index contributed by atoms with van der Waals surface area (Å²) in [5.74, 6) is 0.714. The Morgan fingerprint density at radius 1 is 1.57 bits per heavy atom. The van der Waals surface area contributed by atoms with Crippen LogP contribution in [0.5, 0.6) is 5.75 Å². The van der Waals surface area contributed by atoms with Crippen LogP contribution >= 0.6 is 15.9 Å². The van der Waals surface area contributed by atoms with Crippen LogP contribution < -0.4 is 4.74 Å². The lowest BCUT2D eigenvalue weighted by Gasteiger charge is -2.10. The van der Waals surface area contributed by atoms with E-state index in [1.54, 1.807) is 7.11 Å². The zero-order valence-electron chi connectivity index (χ0n) is 7.95. The molecule has 74 valence electrons. The zero-order valence-corrected chi connectivity index (χ0v) is 9.54. The molecule has 4 heteroatoms. The van der Waals surface area contributed by atoms with Gasteiger partial charge in [-0.25, -0.2) is 4.79 Å². The predicted molar refractivity (Wildman–Crippen MR) is 57.2 cm³/mol. The number of aliphatic imine (C=N–C) groups is 1. The second-order valence-corrected chi connectivity index (χ2v) is 3.70. The first-order valence-corrected chi connectivity index (χ1v) is 4.88. The molecule has 0 spiro atoms. The summed E-state index contributed by atoms with van der Waals surface area (Å²) < 4.78 is 6.10. The van der Waals surface area contributed by atoms with Crippen molar-refractivity contribution in [3.8, 4) is 5.75 Å². The van der Waals surface area contributed by atoms with E-state index in [0.29, 0.717) is 5.75 Å². The monoisotopic (exact) mass is 255 g/mol. The van der Waals surface area contributed by atoms with Crippen LogP contribution in [0.15, 0.2) is 27.7 Å². The van der Waals surface area contributed by atoms with Gasteiger partial charge < -0.3 is 4.74 Å². The van der Waals surface area contributed by atoms with Crippen LogP contribution in [0.1, 0.15) is 18.5 Å². The van der Waals surface area contributed by atoms with Crippen molar-refractivity contribution in [3.63, 3.8) is 0 Å². The van der Waals surface area contributed by atoms with E-state index in [-0.39, 0.29) is 6.04 Å². The highest BCUT2D eigenvalue weighted by Gasteiger charge is 2.10. The van der Waals surface area contributed by atoms with Crippen molar-refractivity contribution in [1.82, 2.24) is 0 Å². The number of hydrogen-bond acceptors (Lipinski definition) is 3. The number of methoxy groups -OCH3 is 1. The van der Waals surface area contributed by atoms with Gasteiger partial charge in [0, 0.05) is 10.0 Å². The molecule has 0 fully saturated rings. The molecule has 0 bridgehead atoms. The molecule has 3 nitrogen and oxygen atoms in total. The van der Waals surface area contributed by atoms with Crippen molar-refractivity contribution in [3.05, 3.63) is 28.2 Å². The van der Waals surface area contributed by atoms with E-state index in [4.69, 9.17) is 4.74 Å². The Balaban J connectivity index is 3.13. The van der Waals surface area contributed by atoms with E-state index in [9.17, 15) is 4.79 Å². The first-order chi connectivity index (χ1) is 6.69. The second kappa shape index (κ2) is 4.94. The molecule has 0 aliphatic rings. The summed E-state index contributed by atoms with van der Waals surface area (Å²) in [7, 11) is 1.59. The third kappa shape index (κ3) is 2.44. The number of nitrogens with zero attached hydrogens (tertiary/aromatic N) is 1. The maximum atomic E-state index is 10.1. The zero-order chi connectivity index (χ0) is 10.6. The van der Waals surface area contributed by atoms with E-state index < -0.39 is 0 Å². The first-order valence-electron chi connectivity index (χ1n) is 4.09. The Bertz CT molecular complexity index is 372. The fourth-order valence-corrected chi connectivity index (χ4v) is 1.52. The molecule has 0 aliphatic carbocycles. The van der Waals surface area contributed by atoms with Crippen LogP contribution in [0.25, 0.3) is 0 Å². The number of hydrogen-bond donors (Lipinski definition) is 0. The van der Waals surface area contributed by atoms with Crippen molar-refractivity contribution in [2.75, 3.05) is 7.11 Å². The lowest BCUT2D eigenvalue weighted by molar-refractivity contribution is 0.406. The molecule has 0 saturated carbocycles. The van der Waals surface area contributed by atoms with Gasteiger partial charge in [0.25, 0.3) is 0 Å². The van der Waals surface area contributed by atoms with Crippen LogP contribution in [0.3, 0.4) is 0 Å². The molecule has 1 atom stereocenters. The van der Waals surface area contributed by atoms with E-state index in [0.717, 1.165) is 10.0 Å². The van der Waals surface area contributed by atoms with E-state index in [2.05, 4.69) is 20.9 Å². The molecule has 0 aliphatic heterocycles. The van der Waals surface area contributed by atoms with Gasteiger partial charge in [-0.1, -0.05) is 22.0 Å². The number of isocyanates is 1. The van der Waals surface area contributed by atoms with Crippen molar-refractivity contribution >= 4 is 22.0 Å². The number of halogens is 1. The fraction of sp³-hybridized carbons (Fsp3) is 0.300. The van der Waals surface area contributed by atoms with Gasteiger partial charge in [0.05, 0.1) is 13.2 Å². The quantitative estimate of drug-likeness (QED) is 0.616. The molecule has 14 heavy (non-hydrogen) atoms. The molecule has 0 radical (unpaired) electrons. The number of benzene rings is 1. The summed E-state index contributed by atoms with van der Waals surface area (Å²) >= 11 is 3.34. The summed E-state index contributed by atoms with van der Waals surface area (Å²) in [5, 5.41) is 0. The number of carbonyl (C=O) groups excluding carboxylic acids is 1. The minimum absolute atomic E-state index is 0.226. The Hall–Kier alpha value is -1.12. The highest BCUT2D eigenvalue weighted by Crippen LogP contribution is 2.29. The molecule has 1 aromatic carbocycles. The topological polar surface area (TPSA) is 38.7 Å². The summed E-state index contributed by atoms with van der Waals surface area (Å²) in [5.41, 5.74) is 0.874. The minimum Gasteiger partial charge on any atom is -0.496 e. The number of rotatable bonds is 3. The summed E-state index contributed by atoms with van der Waals surface area (Å²) in [4.78, 5) is 13.7. The van der Waals surface area contributed by atoms with Crippen LogP contribution in [0, 0.1) is 0 Å². The molecular weight excluding hydrogens is 246 g/mol. The lowest BCUT2D eigenvalue weighted by Crippen LogP contribution is -1.95. The first kappa shape index (κ1) is 11.0. The van der Waals surface area contributed by atoms with Crippen LogP contribution in [0.4, 0.5) is 0 Å². The van der Waals surface area contributed by atoms with E-state index in [1.165, 1.54) is 6.08 Å². The standard InChI is InChI=1S/C10H10BrNO2/c1-7(12-6-13)9-4-3-8(11)5-10(9)14-2/h3-5,7H,1-2H3. The third-order valence-electron chi connectivity index (χ3n) is 1.89. The van der Waals surface area contributed by atoms with Gasteiger partial charge in [0.2, 0.25) is 6.08 Å². The number of ether oxygens (including phenoxy) is 1. The molecule has 1 rings (SSSR count). The van der Waals surface area contributed by atoms with Crippen molar-refractivity contribution in [1.29, 1.82) is 0 Å². The molecule has 0 heterocycles. The molecule has 0 aromatic heterocycles. The minimum atomic E-state index is -0.226. The van der Waals surface area contributed by atoms with Gasteiger partial charge in [-0.05, 0) is 19.1 Å². The molecular formula is C10H10BrNO2. The Kier molecular flexibility index (Phi) is 3.86. The van der Waals surface area contributed by atoms with Crippen LogP contribution in [-0.2, 0) is 4.79 Å². The van der Waals surface area contributed by atoms with E-state index in [1.807, 2.05) is 25.1 Å². The fourth-order valence-electron chi connectivity index (χ4n) is 1.18. The van der Waals surface area contributed by atoms with Crippen molar-refractivity contribution < 1.29 is 9.53 Å². The third-order valence-corrected chi connectivity index (χ3v) is 2.39. The summed E-state index contributed by atoms with van der Waals surface area (Å²) in [6, 6.07) is 5.37. The highest BCUT2D eigenvalue weighted by atomic mass is 79.9. The SMILES string of the molecule is COc1cc(Br)ccc1C(C)N=C=O. The largest absolute Gasteiger partial charge is 0.496 e. The molecule has 1 unspecified atom stereocenters. The van der Waals surface area contributed by atoms with Gasteiger partial charge in [-0.15, -0.1) is 0 Å². The Labute approximate surface area is 90.9 Å². The van der Waals surface area contributed by atoms with Crippen molar-refractivity contribution in [2.24, 2.45) is 4.99 Å². The second-order valence-electron chi connectivity index (χ2n) is 2.78. The summed E-state index contributed by atoms with van der Waals surface area (Å²) in [6.45, 7) is 1.82. The maximum absolute atomic E-state index is 10.1. The van der Waals surface area contributed by atoms with Gasteiger partial charge in [-0.3, -0.25) is 0 Å². The van der Waals surface area contributed by atoms with Gasteiger partial charge in [0.1, 0.15) is 5.75 Å². The van der Waals surface area contributed by atoms with Gasteiger partial charge in [-0.2, -0.15) is 4.99 Å². The van der Waals surface area contributed by atoms with E-state index >= 15 is 0 Å².